The molecule has 0 saturated carbocycles. The van der Waals surface area contributed by atoms with Crippen molar-refractivity contribution in [3.63, 3.8) is 0 Å². The first-order valence-electron chi connectivity index (χ1n) is 6.71. The Morgan fingerprint density at radius 2 is 1.74 bits per heavy atom. The molecule has 0 radical (unpaired) electrons. The van der Waals surface area contributed by atoms with E-state index in [-0.39, 0.29) is 11.5 Å². The molecule has 0 amide bonds. The van der Waals surface area contributed by atoms with Gasteiger partial charge in [-0.05, 0) is 42.5 Å². The van der Waals surface area contributed by atoms with Gasteiger partial charge in [-0.3, -0.25) is 4.79 Å². The van der Waals surface area contributed by atoms with Gasteiger partial charge in [-0.1, -0.05) is 0 Å². The number of hydrogen-bond acceptors (Lipinski definition) is 6. The number of allylic oxidation sites excluding steroid dienone is 1. The molecular weight excluding hydrogens is 300 g/mol. The van der Waals surface area contributed by atoms with Crippen LogP contribution in [0.25, 0.3) is 6.08 Å². The lowest BCUT2D eigenvalue weighted by Crippen LogP contribution is -1.98. The Balaban J connectivity index is 2.15. The summed E-state index contributed by atoms with van der Waals surface area (Å²) in [5, 5.41) is 0. The molecule has 0 aliphatic heterocycles. The van der Waals surface area contributed by atoms with Crippen LogP contribution in [0, 0.1) is 0 Å². The molecule has 1 heterocycles. The number of rotatable bonds is 6. The summed E-state index contributed by atoms with van der Waals surface area (Å²) in [6, 6.07) is 7.93. The van der Waals surface area contributed by atoms with Crippen LogP contribution in [0.4, 0.5) is 0 Å². The van der Waals surface area contributed by atoms with E-state index in [2.05, 4.69) is 4.74 Å². The van der Waals surface area contributed by atoms with E-state index in [0.717, 1.165) is 0 Å². The van der Waals surface area contributed by atoms with E-state index in [1.165, 1.54) is 39.5 Å². The van der Waals surface area contributed by atoms with E-state index >= 15 is 0 Å². The van der Waals surface area contributed by atoms with Gasteiger partial charge < -0.3 is 18.6 Å². The summed E-state index contributed by atoms with van der Waals surface area (Å²) < 4.78 is 20.1. The van der Waals surface area contributed by atoms with Crippen LogP contribution in [-0.4, -0.2) is 33.1 Å². The second kappa shape index (κ2) is 7.31. The number of carbonyl (C=O) groups is 2. The molecule has 0 bridgehead atoms. The molecule has 0 atom stereocenters. The van der Waals surface area contributed by atoms with E-state index in [0.29, 0.717) is 22.8 Å². The van der Waals surface area contributed by atoms with Gasteiger partial charge in [0.25, 0.3) is 0 Å². The number of methoxy groups -OCH3 is 3. The maximum absolute atomic E-state index is 12.2. The highest BCUT2D eigenvalue weighted by molar-refractivity contribution is 6.07. The van der Waals surface area contributed by atoms with Crippen LogP contribution in [0.2, 0.25) is 0 Å². The zero-order valence-electron chi connectivity index (χ0n) is 13.0. The van der Waals surface area contributed by atoms with Crippen LogP contribution in [0.15, 0.2) is 40.8 Å². The van der Waals surface area contributed by atoms with Gasteiger partial charge in [0.05, 0.1) is 21.3 Å². The quantitative estimate of drug-likeness (QED) is 0.463. The Hall–Kier alpha value is -3.02. The first kappa shape index (κ1) is 16.4. The first-order valence-corrected chi connectivity index (χ1v) is 6.71. The van der Waals surface area contributed by atoms with E-state index in [4.69, 9.17) is 13.9 Å². The minimum absolute atomic E-state index is 0.0747. The molecule has 0 fully saturated rings. The number of carbonyl (C=O) groups excluding carboxylic acids is 2. The largest absolute Gasteiger partial charge is 0.493 e. The predicted molar refractivity (Wildman–Crippen MR) is 83.0 cm³/mol. The highest BCUT2D eigenvalue weighted by atomic mass is 16.5. The molecule has 1 aromatic carbocycles. The molecule has 0 unspecified atom stereocenters. The number of furan rings is 1. The normalized spacial score (nSPS) is 10.6. The molecule has 0 aliphatic carbocycles. The summed E-state index contributed by atoms with van der Waals surface area (Å²) in [6.07, 6.45) is 2.83. The maximum Gasteiger partial charge on any atom is 0.373 e. The van der Waals surface area contributed by atoms with Crippen LogP contribution >= 0.6 is 0 Å². The Morgan fingerprint density at radius 1 is 1.00 bits per heavy atom. The fraction of sp³-hybridized carbons (Fsp3) is 0.176. The number of hydrogen-bond donors (Lipinski definition) is 0. The van der Waals surface area contributed by atoms with Crippen molar-refractivity contribution in [2.75, 3.05) is 21.3 Å². The fourth-order valence-electron chi connectivity index (χ4n) is 1.90. The minimum Gasteiger partial charge on any atom is -0.493 e. The van der Waals surface area contributed by atoms with Crippen molar-refractivity contribution in [2.24, 2.45) is 0 Å². The van der Waals surface area contributed by atoms with Gasteiger partial charge in [0.1, 0.15) is 5.76 Å². The molecule has 1 aromatic heterocycles. The average Bonchev–Trinajstić information content (AvgIpc) is 3.07. The molecule has 120 valence electrons. The van der Waals surface area contributed by atoms with Crippen molar-refractivity contribution < 1.29 is 28.2 Å². The topological polar surface area (TPSA) is 75.0 Å². The number of ketones is 1. The molecule has 0 N–H and O–H groups in total. The monoisotopic (exact) mass is 316 g/mol. The molecular formula is C17H16O6. The lowest BCUT2D eigenvalue weighted by Gasteiger charge is -2.07. The lowest BCUT2D eigenvalue weighted by atomic mass is 10.1. The van der Waals surface area contributed by atoms with E-state index in [9.17, 15) is 9.59 Å². The minimum atomic E-state index is -0.573. The molecule has 23 heavy (non-hydrogen) atoms. The summed E-state index contributed by atoms with van der Waals surface area (Å²) in [4.78, 5) is 23.5. The number of ether oxygens (including phenoxy) is 3. The maximum atomic E-state index is 12.2. The molecule has 6 nitrogen and oxygen atoms in total. The summed E-state index contributed by atoms with van der Waals surface area (Å²) >= 11 is 0. The van der Waals surface area contributed by atoms with E-state index < -0.39 is 5.97 Å². The number of esters is 1. The third-order valence-corrected chi connectivity index (χ3v) is 3.08. The van der Waals surface area contributed by atoms with Crippen molar-refractivity contribution in [1.29, 1.82) is 0 Å². The predicted octanol–water partition coefficient (Wildman–Crippen LogP) is 2.98. The summed E-state index contributed by atoms with van der Waals surface area (Å²) in [7, 11) is 4.29. The zero-order chi connectivity index (χ0) is 16.8. The molecule has 2 aromatic rings. The lowest BCUT2D eigenvalue weighted by molar-refractivity contribution is 0.0564. The van der Waals surface area contributed by atoms with Crippen LogP contribution in [0.1, 0.15) is 26.7 Å². The smallest absolute Gasteiger partial charge is 0.373 e. The van der Waals surface area contributed by atoms with Crippen molar-refractivity contribution in [3.05, 3.63) is 53.5 Å². The van der Waals surface area contributed by atoms with Gasteiger partial charge in [0, 0.05) is 5.56 Å². The Morgan fingerprint density at radius 3 is 2.39 bits per heavy atom. The Bertz CT molecular complexity index is 741. The zero-order valence-corrected chi connectivity index (χ0v) is 13.0. The van der Waals surface area contributed by atoms with Crippen molar-refractivity contribution in [2.45, 2.75) is 0 Å². The van der Waals surface area contributed by atoms with Crippen LogP contribution in [0.5, 0.6) is 11.5 Å². The second-order valence-corrected chi connectivity index (χ2v) is 4.46. The molecule has 6 heteroatoms. The summed E-state index contributed by atoms with van der Waals surface area (Å²) in [6.45, 7) is 0. The van der Waals surface area contributed by atoms with E-state index in [1.807, 2.05) is 0 Å². The van der Waals surface area contributed by atoms with Gasteiger partial charge in [-0.25, -0.2) is 4.79 Å². The molecule has 0 spiro atoms. The van der Waals surface area contributed by atoms with Crippen molar-refractivity contribution >= 4 is 17.8 Å². The van der Waals surface area contributed by atoms with Gasteiger partial charge >= 0.3 is 5.97 Å². The van der Waals surface area contributed by atoms with Crippen molar-refractivity contribution in [1.82, 2.24) is 0 Å². The summed E-state index contributed by atoms with van der Waals surface area (Å²) in [5.74, 6) is 0.655. The molecule has 0 aliphatic rings. The SMILES string of the molecule is COC(=O)c1ccc(/C=C/C(=O)c2ccc(OC)c(OC)c2)o1. The van der Waals surface area contributed by atoms with Crippen molar-refractivity contribution in [3.8, 4) is 11.5 Å². The van der Waals surface area contributed by atoms with Crippen LogP contribution < -0.4 is 9.47 Å². The standard InChI is InChI=1S/C17H16O6/c1-20-14-8-4-11(10-16(14)21-2)13(18)7-5-12-6-9-15(23-12)17(19)22-3/h4-10H,1-3H3/b7-5+. The second-order valence-electron chi connectivity index (χ2n) is 4.46. The Labute approximate surface area is 133 Å². The highest BCUT2D eigenvalue weighted by Gasteiger charge is 2.11. The fourth-order valence-corrected chi connectivity index (χ4v) is 1.90. The third-order valence-electron chi connectivity index (χ3n) is 3.08. The van der Waals surface area contributed by atoms with Gasteiger partial charge in [0.2, 0.25) is 5.76 Å². The first-order chi connectivity index (χ1) is 11.1. The van der Waals surface area contributed by atoms with Crippen LogP contribution in [-0.2, 0) is 4.74 Å². The molecule has 2 rings (SSSR count). The highest BCUT2D eigenvalue weighted by Crippen LogP contribution is 2.27. The van der Waals surface area contributed by atoms with Crippen LogP contribution in [0.3, 0.4) is 0 Å². The molecule has 0 saturated heterocycles. The van der Waals surface area contributed by atoms with E-state index in [1.54, 1.807) is 24.3 Å². The Kier molecular flexibility index (Phi) is 5.19. The van der Waals surface area contributed by atoms with Gasteiger partial charge in [-0.2, -0.15) is 0 Å². The summed E-state index contributed by atoms with van der Waals surface area (Å²) in [5.41, 5.74) is 0.443. The van der Waals surface area contributed by atoms with Gasteiger partial charge in [-0.15, -0.1) is 0 Å². The third kappa shape index (κ3) is 3.79. The van der Waals surface area contributed by atoms with Gasteiger partial charge in [0.15, 0.2) is 17.3 Å². The number of benzene rings is 1. The average molecular weight is 316 g/mol.